The fourth-order valence-corrected chi connectivity index (χ4v) is 3.61. The largest absolute Gasteiger partial charge is 0.390 e. The van der Waals surface area contributed by atoms with Crippen molar-refractivity contribution in [3.8, 4) is 0 Å². The second-order valence-electron chi connectivity index (χ2n) is 6.80. The van der Waals surface area contributed by atoms with Gasteiger partial charge in [0.05, 0.1) is 12.6 Å². The van der Waals surface area contributed by atoms with Crippen molar-refractivity contribution in [2.24, 2.45) is 4.99 Å². The number of aliphatic hydroxyl groups is 1. The first-order chi connectivity index (χ1) is 11.8. The van der Waals surface area contributed by atoms with Crippen molar-refractivity contribution in [1.82, 2.24) is 15.1 Å². The van der Waals surface area contributed by atoms with Gasteiger partial charge in [-0.1, -0.05) is 24.3 Å². The molecule has 3 rings (SSSR count). The van der Waals surface area contributed by atoms with Crippen molar-refractivity contribution in [2.75, 3.05) is 39.3 Å². The lowest BCUT2D eigenvalue weighted by Gasteiger charge is -2.30. The van der Waals surface area contributed by atoms with E-state index in [2.05, 4.69) is 51.3 Å². The Morgan fingerprint density at radius 2 is 1.96 bits per heavy atom. The number of fused-ring (bicyclic) bond motifs is 1. The Bertz CT molecular complexity index is 554. The van der Waals surface area contributed by atoms with Gasteiger partial charge in [-0.25, -0.2) is 0 Å². The average molecular weight is 330 g/mol. The van der Waals surface area contributed by atoms with Gasteiger partial charge in [-0.2, -0.15) is 0 Å². The molecule has 1 fully saturated rings. The molecule has 2 N–H and O–H groups in total. The number of hydrogen-bond acceptors (Lipinski definition) is 3. The summed E-state index contributed by atoms with van der Waals surface area (Å²) in [6, 6.07) is 8.62. The zero-order chi connectivity index (χ0) is 16.8. The average Bonchev–Trinajstić information content (AvgIpc) is 3.13. The molecule has 0 aromatic heterocycles. The molecule has 2 aliphatic rings. The lowest BCUT2D eigenvalue weighted by molar-refractivity contribution is 0.111. The fourth-order valence-electron chi connectivity index (χ4n) is 3.61. The first-order valence-corrected chi connectivity index (χ1v) is 9.26. The number of aliphatic imine (C=N–C) groups is 1. The smallest absolute Gasteiger partial charge is 0.194 e. The van der Waals surface area contributed by atoms with E-state index in [-0.39, 0.29) is 0 Å². The van der Waals surface area contributed by atoms with E-state index < -0.39 is 6.10 Å². The molecule has 24 heavy (non-hydrogen) atoms. The molecule has 1 aromatic rings. The Hall–Kier alpha value is -1.59. The molecule has 1 atom stereocenters. The highest BCUT2D eigenvalue weighted by atomic mass is 16.3. The molecule has 0 bridgehead atoms. The van der Waals surface area contributed by atoms with E-state index in [4.69, 9.17) is 0 Å². The number of benzene rings is 1. The minimum atomic E-state index is -0.411. The lowest BCUT2D eigenvalue weighted by Crippen LogP contribution is -2.41. The summed E-state index contributed by atoms with van der Waals surface area (Å²) in [5, 5.41) is 13.8. The quantitative estimate of drug-likeness (QED) is 0.634. The van der Waals surface area contributed by atoms with Gasteiger partial charge in [0.15, 0.2) is 5.96 Å². The maximum absolute atomic E-state index is 10.4. The van der Waals surface area contributed by atoms with E-state index in [1.807, 2.05) is 0 Å². The highest BCUT2D eigenvalue weighted by Gasteiger charge is 2.19. The van der Waals surface area contributed by atoms with Crippen molar-refractivity contribution in [1.29, 1.82) is 0 Å². The Morgan fingerprint density at radius 1 is 1.21 bits per heavy atom. The normalized spacial score (nSPS) is 20.1. The third kappa shape index (κ3) is 4.48. The highest BCUT2D eigenvalue weighted by molar-refractivity contribution is 5.80. The van der Waals surface area contributed by atoms with Crippen molar-refractivity contribution in [3.63, 3.8) is 0 Å². The second kappa shape index (κ2) is 8.49. The van der Waals surface area contributed by atoms with Crippen molar-refractivity contribution < 1.29 is 5.11 Å². The first-order valence-electron chi connectivity index (χ1n) is 9.26. The molecule has 5 nitrogen and oxygen atoms in total. The number of hydrogen-bond donors (Lipinski definition) is 2. The molecule has 0 aliphatic carbocycles. The fraction of sp³-hybridized carbons (Fsp3) is 0.632. The van der Waals surface area contributed by atoms with Crippen LogP contribution in [0.4, 0.5) is 0 Å². The number of nitrogens with one attached hydrogen (secondary N) is 1. The zero-order valence-electron chi connectivity index (χ0n) is 14.7. The lowest BCUT2D eigenvalue weighted by atomic mass is 10.00. The predicted octanol–water partition coefficient (Wildman–Crippen LogP) is 1.47. The van der Waals surface area contributed by atoms with Crippen LogP contribution in [0.15, 0.2) is 29.3 Å². The van der Waals surface area contributed by atoms with Crippen molar-refractivity contribution in [3.05, 3.63) is 35.4 Å². The standard InChI is InChI=1S/C19H30N4O/c1-2-20-19(23-10-5-6-11-23)21-13-18(24)15-22-12-9-16-7-3-4-8-17(16)14-22/h3-4,7-8,18,24H,2,5-6,9-15H2,1H3,(H,20,21). The molecular formula is C19H30N4O. The van der Waals surface area contributed by atoms with Crippen LogP contribution in [0.25, 0.3) is 0 Å². The number of guanidine groups is 1. The molecule has 0 spiro atoms. The van der Waals surface area contributed by atoms with Crippen LogP contribution in [0.5, 0.6) is 0 Å². The van der Waals surface area contributed by atoms with Gasteiger partial charge < -0.3 is 15.3 Å². The van der Waals surface area contributed by atoms with Gasteiger partial charge in [0, 0.05) is 39.3 Å². The highest BCUT2D eigenvalue weighted by Crippen LogP contribution is 2.18. The van der Waals surface area contributed by atoms with Crippen LogP contribution in [0, 0.1) is 0 Å². The summed E-state index contributed by atoms with van der Waals surface area (Å²) in [5.41, 5.74) is 2.84. The summed E-state index contributed by atoms with van der Waals surface area (Å²) >= 11 is 0. The van der Waals surface area contributed by atoms with Gasteiger partial charge in [-0.15, -0.1) is 0 Å². The Balaban J connectivity index is 1.51. The molecule has 0 amide bonds. The first kappa shape index (κ1) is 17.2. The number of aliphatic hydroxyl groups excluding tert-OH is 1. The molecule has 1 unspecified atom stereocenters. The van der Waals surface area contributed by atoms with Crippen LogP contribution in [0.1, 0.15) is 30.9 Å². The van der Waals surface area contributed by atoms with Gasteiger partial charge in [-0.3, -0.25) is 9.89 Å². The maximum Gasteiger partial charge on any atom is 0.194 e. The summed E-state index contributed by atoms with van der Waals surface area (Å²) in [7, 11) is 0. The molecule has 2 aliphatic heterocycles. The zero-order valence-corrected chi connectivity index (χ0v) is 14.7. The Morgan fingerprint density at radius 3 is 2.71 bits per heavy atom. The van der Waals surface area contributed by atoms with Gasteiger partial charge in [-0.05, 0) is 37.3 Å². The van der Waals surface area contributed by atoms with E-state index in [1.165, 1.54) is 24.0 Å². The molecule has 2 heterocycles. The maximum atomic E-state index is 10.4. The topological polar surface area (TPSA) is 51.1 Å². The van der Waals surface area contributed by atoms with Gasteiger partial charge >= 0.3 is 0 Å². The van der Waals surface area contributed by atoms with Crippen LogP contribution in [0.2, 0.25) is 0 Å². The third-order valence-corrected chi connectivity index (χ3v) is 4.87. The molecule has 1 aromatic carbocycles. The van der Waals surface area contributed by atoms with Crippen molar-refractivity contribution in [2.45, 2.75) is 38.8 Å². The minimum absolute atomic E-state index is 0.411. The van der Waals surface area contributed by atoms with Crippen LogP contribution in [0.3, 0.4) is 0 Å². The second-order valence-corrected chi connectivity index (χ2v) is 6.80. The third-order valence-electron chi connectivity index (χ3n) is 4.87. The van der Waals surface area contributed by atoms with E-state index in [1.54, 1.807) is 0 Å². The van der Waals surface area contributed by atoms with Gasteiger partial charge in [0.2, 0.25) is 0 Å². The van der Waals surface area contributed by atoms with Crippen LogP contribution >= 0.6 is 0 Å². The molecule has 1 saturated heterocycles. The predicted molar refractivity (Wildman–Crippen MR) is 98.2 cm³/mol. The molecular weight excluding hydrogens is 300 g/mol. The minimum Gasteiger partial charge on any atom is -0.390 e. The summed E-state index contributed by atoms with van der Waals surface area (Å²) in [5.74, 6) is 0.957. The van der Waals surface area contributed by atoms with Gasteiger partial charge in [0.1, 0.15) is 0 Å². The van der Waals surface area contributed by atoms with Crippen LogP contribution in [-0.4, -0.2) is 66.2 Å². The summed E-state index contributed by atoms with van der Waals surface area (Å²) < 4.78 is 0. The van der Waals surface area contributed by atoms with Crippen molar-refractivity contribution >= 4 is 5.96 Å². The molecule has 0 saturated carbocycles. The number of likely N-dealkylation sites (tertiary alicyclic amines) is 1. The van der Waals surface area contributed by atoms with E-state index >= 15 is 0 Å². The summed E-state index contributed by atoms with van der Waals surface area (Å²) in [6.07, 6.45) is 3.13. The Kier molecular flexibility index (Phi) is 6.10. The monoisotopic (exact) mass is 330 g/mol. The molecule has 5 heteroatoms. The number of nitrogens with zero attached hydrogens (tertiary/aromatic N) is 3. The Labute approximate surface area is 145 Å². The SMILES string of the molecule is CCNC(=NCC(O)CN1CCc2ccccc2C1)N1CCCC1. The molecule has 0 radical (unpaired) electrons. The van der Waals surface area contributed by atoms with Crippen LogP contribution < -0.4 is 5.32 Å². The van der Waals surface area contributed by atoms with E-state index in [9.17, 15) is 5.11 Å². The van der Waals surface area contributed by atoms with E-state index in [0.29, 0.717) is 13.1 Å². The van der Waals surface area contributed by atoms with Gasteiger partial charge in [0.25, 0.3) is 0 Å². The summed E-state index contributed by atoms with van der Waals surface area (Å²) in [4.78, 5) is 9.30. The van der Waals surface area contributed by atoms with Crippen LogP contribution in [-0.2, 0) is 13.0 Å². The van der Waals surface area contributed by atoms with E-state index in [0.717, 1.165) is 45.1 Å². The summed E-state index contributed by atoms with van der Waals surface area (Å²) in [6.45, 7) is 8.22. The number of rotatable bonds is 5. The number of β-amino-alcohol motifs (C(OH)–C–C–N with tert-alkyl or cyclic N) is 1. The molecule has 132 valence electrons.